The third-order valence-corrected chi connectivity index (χ3v) is 5.36. The Hall–Kier alpha value is -1.25. The standard InChI is InChI=1S/C15H19ClN4O2S/c1-17(2)19-7-5-18(6-8-19)14(10-21)20-12-9-11(16)3-4-13(12)23-15(20)22/h3-4,9-10,14H,5-8H2,1-2H3. The van der Waals surface area contributed by atoms with Crippen LogP contribution in [0.5, 0.6) is 0 Å². The lowest BCUT2D eigenvalue weighted by atomic mass is 10.3. The lowest BCUT2D eigenvalue weighted by molar-refractivity contribution is -0.118. The van der Waals surface area contributed by atoms with Crippen molar-refractivity contribution in [3.05, 3.63) is 32.9 Å². The molecule has 1 unspecified atom stereocenters. The molecule has 1 aromatic carbocycles. The van der Waals surface area contributed by atoms with Crippen molar-refractivity contribution in [3.63, 3.8) is 0 Å². The molecule has 0 amide bonds. The SMILES string of the molecule is CN(C)N1CCN(C(C=O)n2c(=O)sc3ccc(Cl)cc32)CC1. The van der Waals surface area contributed by atoms with Gasteiger partial charge in [-0.05, 0) is 18.2 Å². The number of aldehydes is 1. The van der Waals surface area contributed by atoms with E-state index in [1.807, 2.05) is 25.1 Å². The Morgan fingerprint density at radius 1 is 1.26 bits per heavy atom. The van der Waals surface area contributed by atoms with Gasteiger partial charge in [-0.1, -0.05) is 22.9 Å². The molecule has 6 nitrogen and oxygen atoms in total. The summed E-state index contributed by atoms with van der Waals surface area (Å²) < 4.78 is 2.41. The Morgan fingerprint density at radius 2 is 1.96 bits per heavy atom. The number of thiazole rings is 1. The number of carbonyl (C=O) groups excluding carboxylic acids is 1. The van der Waals surface area contributed by atoms with E-state index in [1.165, 1.54) is 0 Å². The number of benzene rings is 1. The molecule has 1 atom stereocenters. The number of halogens is 1. The molecule has 0 bridgehead atoms. The molecule has 2 heterocycles. The number of piperazine rings is 1. The van der Waals surface area contributed by atoms with Crippen LogP contribution < -0.4 is 4.87 Å². The summed E-state index contributed by atoms with van der Waals surface area (Å²) >= 11 is 7.21. The lowest BCUT2D eigenvalue weighted by Crippen LogP contribution is -2.53. The summed E-state index contributed by atoms with van der Waals surface area (Å²) in [5.74, 6) is 0. The van der Waals surface area contributed by atoms with Crippen LogP contribution >= 0.6 is 22.9 Å². The summed E-state index contributed by atoms with van der Waals surface area (Å²) in [5.41, 5.74) is 0.722. The Morgan fingerprint density at radius 3 is 2.57 bits per heavy atom. The van der Waals surface area contributed by atoms with Gasteiger partial charge in [0.05, 0.1) is 10.2 Å². The van der Waals surface area contributed by atoms with Gasteiger partial charge >= 0.3 is 4.87 Å². The van der Waals surface area contributed by atoms with Crippen LogP contribution in [0.25, 0.3) is 10.2 Å². The zero-order valence-corrected chi connectivity index (χ0v) is 14.7. The van der Waals surface area contributed by atoms with Gasteiger partial charge in [0.25, 0.3) is 0 Å². The van der Waals surface area contributed by atoms with Crippen molar-refractivity contribution in [3.8, 4) is 0 Å². The van der Waals surface area contributed by atoms with E-state index in [9.17, 15) is 9.59 Å². The van der Waals surface area contributed by atoms with Crippen LogP contribution in [0.3, 0.4) is 0 Å². The van der Waals surface area contributed by atoms with Crippen molar-refractivity contribution in [2.45, 2.75) is 6.17 Å². The number of fused-ring (bicyclic) bond motifs is 1. The van der Waals surface area contributed by atoms with Gasteiger partial charge in [0.15, 0.2) is 6.29 Å². The molecular weight excluding hydrogens is 336 g/mol. The van der Waals surface area contributed by atoms with E-state index in [2.05, 4.69) is 10.0 Å². The molecule has 1 aliphatic rings. The van der Waals surface area contributed by atoms with Gasteiger partial charge in [0.1, 0.15) is 6.17 Å². The first-order valence-electron chi connectivity index (χ1n) is 7.43. The van der Waals surface area contributed by atoms with Crippen LogP contribution in [0.1, 0.15) is 6.17 Å². The molecule has 1 aromatic heterocycles. The summed E-state index contributed by atoms with van der Waals surface area (Å²) in [6.07, 6.45) is 0.263. The average molecular weight is 355 g/mol. The van der Waals surface area contributed by atoms with Crippen LogP contribution in [-0.4, -0.2) is 66.0 Å². The number of aromatic nitrogens is 1. The number of nitrogens with zero attached hydrogens (tertiary/aromatic N) is 4. The lowest BCUT2D eigenvalue weighted by Gasteiger charge is -2.40. The van der Waals surface area contributed by atoms with Gasteiger partial charge in [-0.2, -0.15) is 0 Å². The van der Waals surface area contributed by atoms with Gasteiger partial charge < -0.3 is 0 Å². The zero-order valence-electron chi connectivity index (χ0n) is 13.1. The fourth-order valence-electron chi connectivity index (χ4n) is 2.94. The molecule has 1 aliphatic heterocycles. The Kier molecular flexibility index (Phi) is 4.84. The number of hydrogen-bond acceptors (Lipinski definition) is 6. The maximum absolute atomic E-state index is 12.4. The minimum absolute atomic E-state index is 0.130. The van der Waals surface area contributed by atoms with E-state index in [4.69, 9.17) is 11.6 Å². The van der Waals surface area contributed by atoms with E-state index in [0.717, 1.165) is 54.0 Å². The molecule has 8 heteroatoms. The summed E-state index contributed by atoms with van der Waals surface area (Å²) in [6.45, 7) is 3.11. The highest BCUT2D eigenvalue weighted by Gasteiger charge is 2.27. The van der Waals surface area contributed by atoms with Crippen LogP contribution in [0.15, 0.2) is 23.0 Å². The highest BCUT2D eigenvalue weighted by atomic mass is 35.5. The van der Waals surface area contributed by atoms with Crippen molar-refractivity contribution in [2.75, 3.05) is 40.3 Å². The molecule has 23 heavy (non-hydrogen) atoms. The van der Waals surface area contributed by atoms with E-state index < -0.39 is 6.17 Å². The third kappa shape index (κ3) is 3.20. The zero-order chi connectivity index (χ0) is 16.6. The van der Waals surface area contributed by atoms with Crippen LogP contribution in [0.2, 0.25) is 5.02 Å². The number of hydrogen-bond donors (Lipinski definition) is 0. The van der Waals surface area contributed by atoms with Crippen LogP contribution in [-0.2, 0) is 4.79 Å². The maximum atomic E-state index is 12.4. The fourth-order valence-corrected chi connectivity index (χ4v) is 4.00. The van der Waals surface area contributed by atoms with Crippen molar-refractivity contribution in [1.29, 1.82) is 0 Å². The molecule has 0 aliphatic carbocycles. The van der Waals surface area contributed by atoms with Crippen molar-refractivity contribution >= 4 is 39.4 Å². The van der Waals surface area contributed by atoms with Crippen molar-refractivity contribution in [1.82, 2.24) is 19.5 Å². The maximum Gasteiger partial charge on any atom is 0.309 e. The smallest absolute Gasteiger partial charge is 0.299 e. The second-order valence-corrected chi connectivity index (χ2v) is 7.17. The summed E-state index contributed by atoms with van der Waals surface area (Å²) in [7, 11) is 4.01. The van der Waals surface area contributed by atoms with Gasteiger partial charge in [0.2, 0.25) is 0 Å². The highest BCUT2D eigenvalue weighted by molar-refractivity contribution is 7.16. The predicted molar refractivity (Wildman–Crippen MR) is 93.0 cm³/mol. The first kappa shape index (κ1) is 16.6. The largest absolute Gasteiger partial charge is 0.309 e. The topological polar surface area (TPSA) is 48.8 Å². The predicted octanol–water partition coefficient (Wildman–Crippen LogP) is 1.51. The number of rotatable bonds is 4. The molecule has 0 radical (unpaired) electrons. The monoisotopic (exact) mass is 354 g/mol. The third-order valence-electron chi connectivity index (χ3n) is 4.19. The highest BCUT2D eigenvalue weighted by Crippen LogP contribution is 2.25. The van der Waals surface area contributed by atoms with E-state index in [0.29, 0.717) is 5.02 Å². The summed E-state index contributed by atoms with van der Waals surface area (Å²) in [5, 5.41) is 4.83. The summed E-state index contributed by atoms with van der Waals surface area (Å²) in [6, 6.07) is 5.34. The van der Waals surface area contributed by atoms with Crippen LogP contribution in [0.4, 0.5) is 0 Å². The van der Waals surface area contributed by atoms with Crippen LogP contribution in [0, 0.1) is 0 Å². The molecular formula is C15H19ClN4O2S. The fraction of sp³-hybridized carbons (Fsp3) is 0.467. The number of hydrazine groups is 1. The van der Waals surface area contributed by atoms with E-state index in [1.54, 1.807) is 16.7 Å². The molecule has 0 saturated carbocycles. The Bertz CT molecular complexity index is 764. The quantitative estimate of drug-likeness (QED) is 0.779. The Labute approximate surface area is 143 Å². The molecule has 3 rings (SSSR count). The average Bonchev–Trinajstić information content (AvgIpc) is 2.85. The van der Waals surface area contributed by atoms with Gasteiger partial charge in [-0.3, -0.25) is 19.1 Å². The molecule has 1 fully saturated rings. The second kappa shape index (κ2) is 6.70. The minimum atomic E-state index is -0.584. The molecule has 0 N–H and O–H groups in total. The Balaban J connectivity index is 1.93. The first-order valence-corrected chi connectivity index (χ1v) is 8.63. The first-order chi connectivity index (χ1) is 11.0. The van der Waals surface area contributed by atoms with Crippen molar-refractivity contribution < 1.29 is 4.79 Å². The number of carbonyl (C=O) groups is 1. The molecule has 124 valence electrons. The van der Waals surface area contributed by atoms with Gasteiger partial charge in [-0.15, -0.1) is 0 Å². The molecule has 0 spiro atoms. The van der Waals surface area contributed by atoms with Gasteiger partial charge in [-0.25, -0.2) is 10.0 Å². The van der Waals surface area contributed by atoms with E-state index >= 15 is 0 Å². The normalized spacial score (nSPS) is 18.6. The van der Waals surface area contributed by atoms with Crippen molar-refractivity contribution in [2.24, 2.45) is 0 Å². The molecule has 2 aromatic rings. The van der Waals surface area contributed by atoms with Gasteiger partial charge in [0, 0.05) is 45.3 Å². The summed E-state index contributed by atoms with van der Waals surface area (Å²) in [4.78, 5) is 26.1. The van der Waals surface area contributed by atoms with E-state index in [-0.39, 0.29) is 4.87 Å². The minimum Gasteiger partial charge on any atom is -0.299 e. The second-order valence-electron chi connectivity index (χ2n) is 5.74. The molecule has 1 saturated heterocycles.